The fourth-order valence-corrected chi connectivity index (χ4v) is 1.54. The highest BCUT2D eigenvalue weighted by Gasteiger charge is 2.16. The third-order valence-corrected chi connectivity index (χ3v) is 2.22. The van der Waals surface area contributed by atoms with Crippen molar-refractivity contribution < 1.29 is 14.7 Å². The average Bonchev–Trinajstić information content (AvgIpc) is 2.11. The van der Waals surface area contributed by atoms with Gasteiger partial charge in [-0.1, -0.05) is 13.8 Å². The van der Waals surface area contributed by atoms with Gasteiger partial charge in [-0.2, -0.15) is 0 Å². The number of hydrogen-bond acceptors (Lipinski definition) is 2. The molecule has 5 nitrogen and oxygen atoms in total. The molecule has 94 valence electrons. The Hall–Kier alpha value is -1.26. The zero-order chi connectivity index (χ0) is 12.7. The van der Waals surface area contributed by atoms with Crippen molar-refractivity contribution in [1.29, 1.82) is 0 Å². The van der Waals surface area contributed by atoms with Gasteiger partial charge in [-0.05, 0) is 18.3 Å². The van der Waals surface area contributed by atoms with Crippen LogP contribution in [0.15, 0.2) is 0 Å². The van der Waals surface area contributed by atoms with E-state index in [2.05, 4.69) is 5.32 Å². The molecule has 0 aliphatic heterocycles. The van der Waals surface area contributed by atoms with E-state index < -0.39 is 5.97 Å². The van der Waals surface area contributed by atoms with Crippen molar-refractivity contribution in [3.05, 3.63) is 0 Å². The summed E-state index contributed by atoms with van der Waals surface area (Å²) in [6.07, 6.45) is 0.909. The summed E-state index contributed by atoms with van der Waals surface area (Å²) in [6.45, 7) is 4.51. The molecule has 0 fully saturated rings. The van der Waals surface area contributed by atoms with Crippen LogP contribution in [0, 0.1) is 11.8 Å². The number of urea groups is 1. The minimum Gasteiger partial charge on any atom is -0.481 e. The van der Waals surface area contributed by atoms with Crippen LogP contribution < -0.4 is 5.32 Å². The maximum absolute atomic E-state index is 11.3. The molecule has 0 saturated heterocycles. The predicted octanol–water partition coefficient (Wildman–Crippen LogP) is 1.39. The second-order valence-electron chi connectivity index (χ2n) is 4.67. The summed E-state index contributed by atoms with van der Waals surface area (Å²) in [6, 6.07) is -0.181. The van der Waals surface area contributed by atoms with E-state index in [4.69, 9.17) is 5.11 Å². The number of nitrogens with zero attached hydrogens (tertiary/aromatic N) is 1. The number of carbonyl (C=O) groups is 2. The molecule has 2 N–H and O–H groups in total. The Labute approximate surface area is 96.8 Å². The van der Waals surface area contributed by atoms with Gasteiger partial charge < -0.3 is 15.3 Å². The molecule has 0 spiro atoms. The lowest BCUT2D eigenvalue weighted by molar-refractivity contribution is -0.138. The molecule has 0 radical (unpaired) electrons. The number of carboxylic acid groups (broad SMARTS) is 1. The third kappa shape index (κ3) is 7.09. The van der Waals surface area contributed by atoms with Gasteiger partial charge in [0.2, 0.25) is 0 Å². The van der Waals surface area contributed by atoms with E-state index in [1.54, 1.807) is 14.1 Å². The van der Waals surface area contributed by atoms with Crippen molar-refractivity contribution in [3.8, 4) is 0 Å². The van der Waals surface area contributed by atoms with Crippen LogP contribution in [-0.4, -0.2) is 42.6 Å². The van der Waals surface area contributed by atoms with Crippen molar-refractivity contribution in [2.75, 3.05) is 20.6 Å². The standard InChI is InChI=1S/C11H22N2O3/c1-8(2)5-9(6-10(14)15)7-12-11(16)13(3)4/h8-9H,5-7H2,1-4H3,(H,12,16)(H,14,15)/t9-/m0/s1. The van der Waals surface area contributed by atoms with Gasteiger partial charge in [0.1, 0.15) is 0 Å². The number of amides is 2. The summed E-state index contributed by atoms with van der Waals surface area (Å²) in [5.41, 5.74) is 0. The number of aliphatic carboxylic acids is 1. The Balaban J connectivity index is 4.10. The molecule has 5 heteroatoms. The van der Waals surface area contributed by atoms with Crippen LogP contribution in [0.5, 0.6) is 0 Å². The maximum Gasteiger partial charge on any atom is 0.316 e. The second-order valence-corrected chi connectivity index (χ2v) is 4.67. The van der Waals surface area contributed by atoms with E-state index in [9.17, 15) is 9.59 Å². The zero-order valence-electron chi connectivity index (χ0n) is 10.5. The Morgan fingerprint density at radius 1 is 1.31 bits per heavy atom. The first-order chi connectivity index (χ1) is 7.32. The van der Waals surface area contributed by atoms with Crippen molar-refractivity contribution in [2.45, 2.75) is 26.7 Å². The number of rotatable bonds is 6. The van der Waals surface area contributed by atoms with E-state index in [0.717, 1.165) is 6.42 Å². The molecule has 0 aromatic heterocycles. The topological polar surface area (TPSA) is 69.6 Å². The van der Waals surface area contributed by atoms with Gasteiger partial charge in [-0.3, -0.25) is 4.79 Å². The smallest absolute Gasteiger partial charge is 0.316 e. The number of carboxylic acids is 1. The molecule has 0 aromatic rings. The molecule has 0 unspecified atom stereocenters. The van der Waals surface area contributed by atoms with Crippen LogP contribution >= 0.6 is 0 Å². The Bertz CT molecular complexity index is 239. The molecule has 0 aliphatic rings. The molecule has 2 amide bonds. The summed E-state index contributed by atoms with van der Waals surface area (Å²) in [5.74, 6) is -0.383. The molecule has 0 bridgehead atoms. The number of nitrogens with one attached hydrogen (secondary N) is 1. The zero-order valence-corrected chi connectivity index (χ0v) is 10.5. The van der Waals surface area contributed by atoms with E-state index in [-0.39, 0.29) is 18.4 Å². The van der Waals surface area contributed by atoms with Gasteiger partial charge in [0.15, 0.2) is 0 Å². The first-order valence-electron chi connectivity index (χ1n) is 5.49. The van der Waals surface area contributed by atoms with Crippen molar-refractivity contribution in [2.24, 2.45) is 11.8 Å². The lowest BCUT2D eigenvalue weighted by Crippen LogP contribution is -2.38. The highest BCUT2D eigenvalue weighted by Crippen LogP contribution is 2.14. The Morgan fingerprint density at radius 3 is 2.25 bits per heavy atom. The van der Waals surface area contributed by atoms with E-state index in [1.165, 1.54) is 4.90 Å². The van der Waals surface area contributed by atoms with E-state index in [0.29, 0.717) is 12.5 Å². The molecule has 0 rings (SSSR count). The van der Waals surface area contributed by atoms with E-state index >= 15 is 0 Å². The monoisotopic (exact) mass is 230 g/mol. The van der Waals surface area contributed by atoms with Gasteiger partial charge in [0.05, 0.1) is 0 Å². The third-order valence-electron chi connectivity index (χ3n) is 2.22. The largest absolute Gasteiger partial charge is 0.481 e. The predicted molar refractivity (Wildman–Crippen MR) is 62.3 cm³/mol. The summed E-state index contributed by atoms with van der Waals surface area (Å²) in [5, 5.41) is 11.5. The number of carbonyl (C=O) groups excluding carboxylic acids is 1. The molecule has 1 atom stereocenters. The highest BCUT2D eigenvalue weighted by molar-refractivity contribution is 5.73. The first-order valence-corrected chi connectivity index (χ1v) is 5.49. The van der Waals surface area contributed by atoms with Crippen LogP contribution in [0.2, 0.25) is 0 Å². The lowest BCUT2D eigenvalue weighted by Gasteiger charge is -2.19. The average molecular weight is 230 g/mol. The van der Waals surface area contributed by atoms with Crippen molar-refractivity contribution >= 4 is 12.0 Å². The molecule has 16 heavy (non-hydrogen) atoms. The highest BCUT2D eigenvalue weighted by atomic mass is 16.4. The molecule has 0 saturated carbocycles. The van der Waals surface area contributed by atoms with E-state index in [1.807, 2.05) is 13.8 Å². The summed E-state index contributed by atoms with van der Waals surface area (Å²) < 4.78 is 0. The summed E-state index contributed by atoms with van der Waals surface area (Å²) in [4.78, 5) is 23.4. The van der Waals surface area contributed by atoms with Crippen molar-refractivity contribution in [3.63, 3.8) is 0 Å². The van der Waals surface area contributed by atoms with Gasteiger partial charge in [0.25, 0.3) is 0 Å². The van der Waals surface area contributed by atoms with Crippen LogP contribution in [0.3, 0.4) is 0 Å². The molecular weight excluding hydrogens is 208 g/mol. The normalized spacial score (nSPS) is 12.3. The molecule has 0 aliphatic carbocycles. The Kier molecular flexibility index (Phi) is 6.53. The minimum absolute atomic E-state index is 0.00130. The van der Waals surface area contributed by atoms with Crippen molar-refractivity contribution in [1.82, 2.24) is 10.2 Å². The molecular formula is C11H22N2O3. The molecule has 0 heterocycles. The van der Waals surface area contributed by atoms with Crippen LogP contribution in [0.1, 0.15) is 26.7 Å². The van der Waals surface area contributed by atoms with Gasteiger partial charge in [-0.15, -0.1) is 0 Å². The second kappa shape index (κ2) is 7.09. The van der Waals surface area contributed by atoms with Crippen LogP contribution in [0.25, 0.3) is 0 Å². The summed E-state index contributed by atoms with van der Waals surface area (Å²) >= 11 is 0. The number of hydrogen-bond donors (Lipinski definition) is 2. The minimum atomic E-state index is -0.815. The lowest BCUT2D eigenvalue weighted by atomic mass is 9.94. The van der Waals surface area contributed by atoms with Gasteiger partial charge >= 0.3 is 12.0 Å². The summed E-state index contributed by atoms with van der Waals surface area (Å²) in [7, 11) is 3.31. The molecule has 0 aromatic carbocycles. The Morgan fingerprint density at radius 2 is 1.88 bits per heavy atom. The van der Waals surface area contributed by atoms with Gasteiger partial charge in [0, 0.05) is 27.1 Å². The first kappa shape index (κ1) is 14.7. The van der Waals surface area contributed by atoms with Crippen LogP contribution in [0.4, 0.5) is 4.79 Å². The maximum atomic E-state index is 11.3. The van der Waals surface area contributed by atoms with Gasteiger partial charge in [-0.25, -0.2) is 4.79 Å². The van der Waals surface area contributed by atoms with Crippen LogP contribution in [-0.2, 0) is 4.79 Å². The SMILES string of the molecule is CC(C)C[C@H](CNC(=O)N(C)C)CC(=O)O. The fourth-order valence-electron chi connectivity index (χ4n) is 1.54. The quantitative estimate of drug-likeness (QED) is 0.724. The fraction of sp³-hybridized carbons (Fsp3) is 0.818.